The van der Waals surface area contributed by atoms with E-state index in [2.05, 4.69) is 15.9 Å². The van der Waals surface area contributed by atoms with Crippen LogP contribution in [0.4, 0.5) is 4.39 Å². The minimum Gasteiger partial charge on any atom is -0.294 e. The van der Waals surface area contributed by atoms with Crippen LogP contribution in [0.25, 0.3) is 0 Å². The van der Waals surface area contributed by atoms with E-state index in [1.54, 1.807) is 18.2 Å². The molecule has 0 saturated heterocycles. The molecule has 0 saturated carbocycles. The van der Waals surface area contributed by atoms with Crippen LogP contribution < -0.4 is 0 Å². The molecule has 0 fully saturated rings. The summed E-state index contributed by atoms with van der Waals surface area (Å²) in [6, 6.07) is 9.98. The predicted octanol–water partition coefficient (Wildman–Crippen LogP) is 4.98. The second kappa shape index (κ2) is 5.85. The Kier molecular flexibility index (Phi) is 4.38. The highest BCUT2D eigenvalue weighted by atomic mass is 79.9. The molecule has 0 amide bonds. The number of rotatable bonds is 3. The van der Waals surface area contributed by atoms with Gasteiger partial charge in [-0.1, -0.05) is 45.7 Å². The lowest BCUT2D eigenvalue weighted by atomic mass is 10.0. The largest absolute Gasteiger partial charge is 0.294 e. The van der Waals surface area contributed by atoms with E-state index in [4.69, 9.17) is 11.6 Å². The Hall–Kier alpha value is -1.19. The number of carbonyl (C=O) groups is 1. The summed E-state index contributed by atoms with van der Waals surface area (Å²) in [6.07, 6.45) is 0.0816. The Labute approximate surface area is 124 Å². The quantitative estimate of drug-likeness (QED) is 0.720. The first-order valence-electron chi connectivity index (χ1n) is 5.71. The number of Topliss-reactive ketones (excluding diaryl/α,β-unsaturated/α-hetero) is 1. The van der Waals surface area contributed by atoms with Gasteiger partial charge < -0.3 is 0 Å². The van der Waals surface area contributed by atoms with Crippen LogP contribution in [0.2, 0.25) is 5.02 Å². The lowest BCUT2D eigenvalue weighted by Gasteiger charge is -2.07. The van der Waals surface area contributed by atoms with Crippen LogP contribution in [0, 0.1) is 12.7 Å². The van der Waals surface area contributed by atoms with Gasteiger partial charge in [-0.25, -0.2) is 4.39 Å². The van der Waals surface area contributed by atoms with E-state index in [0.29, 0.717) is 11.1 Å². The minimum atomic E-state index is -0.505. The summed E-state index contributed by atoms with van der Waals surface area (Å²) in [7, 11) is 0. The number of benzene rings is 2. The fraction of sp³-hybridized carbons (Fsp3) is 0.133. The maximum absolute atomic E-state index is 13.3. The van der Waals surface area contributed by atoms with Gasteiger partial charge in [-0.3, -0.25) is 4.79 Å². The fourth-order valence-corrected chi connectivity index (χ4v) is 2.71. The monoisotopic (exact) mass is 340 g/mol. The van der Waals surface area contributed by atoms with E-state index >= 15 is 0 Å². The SMILES string of the molecule is Cc1ccc(C(=O)Cc2cccc(F)c2Cl)c(Br)c1. The van der Waals surface area contributed by atoms with Gasteiger partial charge >= 0.3 is 0 Å². The van der Waals surface area contributed by atoms with Crippen LogP contribution in [0.1, 0.15) is 21.5 Å². The van der Waals surface area contributed by atoms with Gasteiger partial charge in [0.1, 0.15) is 5.82 Å². The Morgan fingerprint density at radius 3 is 2.74 bits per heavy atom. The average Bonchev–Trinajstić information content (AvgIpc) is 2.34. The number of ketones is 1. The Morgan fingerprint density at radius 1 is 1.32 bits per heavy atom. The fourth-order valence-electron chi connectivity index (χ4n) is 1.80. The summed E-state index contributed by atoms with van der Waals surface area (Å²) in [5.74, 6) is -0.602. The van der Waals surface area contributed by atoms with Crippen LogP contribution >= 0.6 is 27.5 Å². The van der Waals surface area contributed by atoms with E-state index in [0.717, 1.165) is 10.0 Å². The molecule has 0 unspecified atom stereocenters. The summed E-state index contributed by atoms with van der Waals surface area (Å²) < 4.78 is 14.1. The van der Waals surface area contributed by atoms with Crippen molar-refractivity contribution in [1.82, 2.24) is 0 Å². The molecule has 4 heteroatoms. The molecular formula is C15H11BrClFO. The first-order chi connectivity index (χ1) is 8.99. The van der Waals surface area contributed by atoms with Gasteiger partial charge in [-0.05, 0) is 36.2 Å². The number of halogens is 3. The lowest BCUT2D eigenvalue weighted by Crippen LogP contribution is -2.05. The highest BCUT2D eigenvalue weighted by Crippen LogP contribution is 2.24. The molecule has 1 nitrogen and oxygen atoms in total. The van der Waals surface area contributed by atoms with Crippen LogP contribution in [0.5, 0.6) is 0 Å². The lowest BCUT2D eigenvalue weighted by molar-refractivity contribution is 0.0992. The van der Waals surface area contributed by atoms with Crippen LogP contribution in [0.15, 0.2) is 40.9 Å². The molecule has 19 heavy (non-hydrogen) atoms. The summed E-state index contributed by atoms with van der Waals surface area (Å²) >= 11 is 9.22. The molecule has 2 aromatic rings. The van der Waals surface area contributed by atoms with E-state index in [1.165, 1.54) is 6.07 Å². The molecule has 98 valence electrons. The van der Waals surface area contributed by atoms with Gasteiger partial charge in [-0.2, -0.15) is 0 Å². The van der Waals surface area contributed by atoms with Crippen molar-refractivity contribution in [3.05, 3.63) is 68.4 Å². The van der Waals surface area contributed by atoms with Crippen molar-refractivity contribution in [1.29, 1.82) is 0 Å². The van der Waals surface area contributed by atoms with Gasteiger partial charge in [0.15, 0.2) is 5.78 Å². The number of hydrogen-bond acceptors (Lipinski definition) is 1. The van der Waals surface area contributed by atoms with Gasteiger partial charge in [0.05, 0.1) is 5.02 Å². The van der Waals surface area contributed by atoms with Crippen molar-refractivity contribution in [2.45, 2.75) is 13.3 Å². The van der Waals surface area contributed by atoms with Gasteiger partial charge in [0.25, 0.3) is 0 Å². The second-order valence-corrected chi connectivity index (χ2v) is 5.53. The summed E-state index contributed by atoms with van der Waals surface area (Å²) in [5, 5.41) is 0.0130. The molecule has 0 heterocycles. The smallest absolute Gasteiger partial charge is 0.168 e. The highest BCUT2D eigenvalue weighted by molar-refractivity contribution is 9.10. The van der Waals surface area contributed by atoms with Crippen molar-refractivity contribution < 1.29 is 9.18 Å². The van der Waals surface area contributed by atoms with Gasteiger partial charge in [0, 0.05) is 16.5 Å². The van der Waals surface area contributed by atoms with E-state index in [1.807, 2.05) is 19.1 Å². The molecule has 0 N–H and O–H groups in total. The maximum Gasteiger partial charge on any atom is 0.168 e. The van der Waals surface area contributed by atoms with Crippen LogP contribution in [-0.4, -0.2) is 5.78 Å². The molecule has 0 aromatic heterocycles. The van der Waals surface area contributed by atoms with Crippen molar-refractivity contribution in [2.24, 2.45) is 0 Å². The van der Waals surface area contributed by atoms with Gasteiger partial charge in [-0.15, -0.1) is 0 Å². The van der Waals surface area contributed by atoms with Crippen molar-refractivity contribution in [2.75, 3.05) is 0 Å². The van der Waals surface area contributed by atoms with E-state index < -0.39 is 5.82 Å². The molecule has 0 radical (unpaired) electrons. The summed E-state index contributed by atoms with van der Waals surface area (Å²) in [5.41, 5.74) is 2.14. The molecule has 0 bridgehead atoms. The Bertz CT molecular complexity index is 640. The number of carbonyl (C=O) groups excluding carboxylic acids is 1. The van der Waals surface area contributed by atoms with Crippen molar-refractivity contribution >= 4 is 33.3 Å². The Morgan fingerprint density at radius 2 is 2.05 bits per heavy atom. The number of hydrogen-bond donors (Lipinski definition) is 0. The zero-order valence-electron chi connectivity index (χ0n) is 10.2. The molecule has 2 aromatic carbocycles. The zero-order chi connectivity index (χ0) is 14.0. The summed E-state index contributed by atoms with van der Waals surface area (Å²) in [6.45, 7) is 1.95. The van der Waals surface area contributed by atoms with Crippen molar-refractivity contribution in [3.8, 4) is 0 Å². The minimum absolute atomic E-state index is 0.0130. The van der Waals surface area contributed by atoms with Crippen LogP contribution in [-0.2, 0) is 6.42 Å². The Balaban J connectivity index is 2.28. The summed E-state index contributed by atoms with van der Waals surface area (Å²) in [4.78, 5) is 12.2. The third kappa shape index (κ3) is 3.23. The molecule has 0 aliphatic rings. The highest BCUT2D eigenvalue weighted by Gasteiger charge is 2.14. The normalized spacial score (nSPS) is 10.5. The third-order valence-electron chi connectivity index (χ3n) is 2.81. The molecule has 0 spiro atoms. The zero-order valence-corrected chi connectivity index (χ0v) is 12.6. The maximum atomic E-state index is 13.3. The molecule has 2 rings (SSSR count). The first kappa shape index (κ1) is 14.2. The molecule has 0 aliphatic heterocycles. The number of aryl methyl sites for hydroxylation is 1. The van der Waals surface area contributed by atoms with E-state index in [-0.39, 0.29) is 17.2 Å². The molecule has 0 atom stereocenters. The predicted molar refractivity (Wildman–Crippen MR) is 78.3 cm³/mol. The van der Waals surface area contributed by atoms with Crippen molar-refractivity contribution in [3.63, 3.8) is 0 Å². The van der Waals surface area contributed by atoms with E-state index in [9.17, 15) is 9.18 Å². The standard InChI is InChI=1S/C15H11BrClFO/c1-9-5-6-11(12(16)7-9)14(19)8-10-3-2-4-13(18)15(10)17/h2-7H,8H2,1H3. The van der Waals surface area contributed by atoms with Crippen LogP contribution in [0.3, 0.4) is 0 Å². The average molecular weight is 342 g/mol. The van der Waals surface area contributed by atoms with Gasteiger partial charge in [0.2, 0.25) is 0 Å². The molecule has 0 aliphatic carbocycles. The second-order valence-electron chi connectivity index (χ2n) is 4.30. The first-order valence-corrected chi connectivity index (χ1v) is 6.88. The molecular weight excluding hydrogens is 331 g/mol. The third-order valence-corrected chi connectivity index (χ3v) is 3.89. The topological polar surface area (TPSA) is 17.1 Å².